The fourth-order valence-electron chi connectivity index (χ4n) is 2.98. The molecule has 2 aromatic rings. The summed E-state index contributed by atoms with van der Waals surface area (Å²) < 4.78 is 117. The Labute approximate surface area is 177 Å². The smallest absolute Gasteiger partial charge is 0.387 e. The number of rotatable bonds is 3. The van der Waals surface area contributed by atoms with Crippen molar-refractivity contribution in [1.29, 1.82) is 0 Å². The molecule has 2 nitrogen and oxygen atoms in total. The monoisotopic (exact) mass is 519 g/mol. The van der Waals surface area contributed by atoms with Gasteiger partial charge < -0.3 is 4.84 Å². The first kappa shape index (κ1) is 23.4. The number of benzene rings is 2. The van der Waals surface area contributed by atoms with Gasteiger partial charge in [0.2, 0.25) is 0 Å². The van der Waals surface area contributed by atoms with Crippen LogP contribution in [-0.4, -0.2) is 5.71 Å². The molecule has 0 amide bonds. The van der Waals surface area contributed by atoms with Gasteiger partial charge in [-0.25, -0.2) is 0 Å². The molecule has 1 aliphatic heterocycles. The third kappa shape index (κ3) is 5.52. The van der Waals surface area contributed by atoms with Gasteiger partial charge in [-0.05, 0) is 47.5 Å². The van der Waals surface area contributed by atoms with Crippen molar-refractivity contribution in [2.45, 2.75) is 37.5 Å². The maximum absolute atomic E-state index is 13.0. The number of nitrogens with zero attached hydrogens (tertiary/aromatic N) is 1. The third-order valence-corrected chi connectivity index (χ3v) is 5.25. The maximum Gasteiger partial charge on any atom is 0.416 e. The molecule has 0 radical (unpaired) electrons. The second kappa shape index (κ2) is 8.03. The van der Waals surface area contributed by atoms with Crippen LogP contribution in [0.5, 0.6) is 0 Å². The largest absolute Gasteiger partial charge is 0.416 e. The Hall–Kier alpha value is -2.24. The average Bonchev–Trinajstić information content (AvgIpc) is 3.09. The van der Waals surface area contributed by atoms with Gasteiger partial charge in [0, 0.05) is 17.3 Å². The number of oxime groups is 1. The molecule has 0 unspecified atom stereocenters. The zero-order valence-electron chi connectivity index (χ0n) is 15.1. The lowest BCUT2D eigenvalue weighted by Gasteiger charge is -2.16. The molecule has 1 atom stereocenters. The molecule has 3 rings (SSSR count). The van der Waals surface area contributed by atoms with Gasteiger partial charge >= 0.3 is 18.5 Å². The lowest BCUT2D eigenvalue weighted by atomic mass is 9.96. The van der Waals surface area contributed by atoms with Crippen molar-refractivity contribution in [3.8, 4) is 0 Å². The summed E-state index contributed by atoms with van der Waals surface area (Å²) in [7, 11) is 0. The second-order valence-electron chi connectivity index (χ2n) is 6.78. The molecule has 0 fully saturated rings. The van der Waals surface area contributed by atoms with Crippen LogP contribution in [0.4, 0.5) is 39.5 Å². The topological polar surface area (TPSA) is 21.6 Å². The molecule has 12 heteroatoms. The minimum Gasteiger partial charge on any atom is -0.387 e. The van der Waals surface area contributed by atoms with Crippen molar-refractivity contribution < 1.29 is 44.4 Å². The van der Waals surface area contributed by atoms with Gasteiger partial charge in [0.15, 0.2) is 6.10 Å². The second-order valence-corrected chi connectivity index (χ2v) is 7.63. The first-order valence-corrected chi connectivity index (χ1v) is 9.30. The predicted molar refractivity (Wildman–Crippen MR) is 95.2 cm³/mol. The van der Waals surface area contributed by atoms with Crippen molar-refractivity contribution in [3.05, 3.63) is 68.7 Å². The van der Waals surface area contributed by atoms with Crippen LogP contribution >= 0.6 is 15.9 Å². The van der Waals surface area contributed by atoms with E-state index < -0.39 is 41.3 Å². The van der Waals surface area contributed by atoms with E-state index in [1.165, 1.54) is 6.07 Å². The van der Waals surface area contributed by atoms with E-state index in [4.69, 9.17) is 4.84 Å². The van der Waals surface area contributed by atoms with Crippen molar-refractivity contribution >= 4 is 21.6 Å². The van der Waals surface area contributed by atoms with Gasteiger partial charge in [-0.1, -0.05) is 21.1 Å². The molecule has 0 saturated carbocycles. The van der Waals surface area contributed by atoms with Crippen LogP contribution in [0, 0.1) is 0 Å². The fraction of sp³-hybridized carbons (Fsp3) is 0.316. The van der Waals surface area contributed by atoms with E-state index in [2.05, 4.69) is 21.1 Å². The number of alkyl halides is 9. The summed E-state index contributed by atoms with van der Waals surface area (Å²) in [5.41, 5.74) is -3.91. The van der Waals surface area contributed by atoms with Crippen LogP contribution in [-0.2, 0) is 29.8 Å². The third-order valence-electron chi connectivity index (χ3n) is 4.48. The quantitative estimate of drug-likeness (QED) is 0.383. The van der Waals surface area contributed by atoms with E-state index in [1.54, 1.807) is 0 Å². The Morgan fingerprint density at radius 1 is 0.806 bits per heavy atom. The maximum atomic E-state index is 13.0. The zero-order valence-corrected chi connectivity index (χ0v) is 16.7. The summed E-state index contributed by atoms with van der Waals surface area (Å²) in [4.78, 5) is 5.01. The van der Waals surface area contributed by atoms with E-state index in [9.17, 15) is 39.5 Å². The highest BCUT2D eigenvalue weighted by Gasteiger charge is 2.38. The van der Waals surface area contributed by atoms with Crippen LogP contribution in [0.3, 0.4) is 0 Å². The Balaban J connectivity index is 1.84. The lowest BCUT2D eigenvalue weighted by molar-refractivity contribution is -0.143. The first-order valence-electron chi connectivity index (χ1n) is 8.51. The van der Waals surface area contributed by atoms with E-state index in [1.807, 2.05) is 0 Å². The van der Waals surface area contributed by atoms with Crippen LogP contribution in [0.2, 0.25) is 0 Å². The molecule has 0 saturated heterocycles. The highest BCUT2D eigenvalue weighted by Crippen LogP contribution is 2.40. The molecule has 0 N–H and O–H groups in total. The van der Waals surface area contributed by atoms with Crippen LogP contribution in [0.15, 0.2) is 46.0 Å². The summed E-state index contributed by atoms with van der Waals surface area (Å²) in [5, 5.41) is 3.66. The van der Waals surface area contributed by atoms with Crippen molar-refractivity contribution in [3.63, 3.8) is 0 Å². The fourth-order valence-corrected chi connectivity index (χ4v) is 3.37. The lowest BCUT2D eigenvalue weighted by Crippen LogP contribution is -2.13. The number of hydrogen-bond acceptors (Lipinski definition) is 2. The molecular weight excluding hydrogens is 509 g/mol. The average molecular weight is 520 g/mol. The van der Waals surface area contributed by atoms with Gasteiger partial charge in [0.05, 0.1) is 22.4 Å². The normalized spacial score (nSPS) is 17.5. The van der Waals surface area contributed by atoms with Crippen molar-refractivity contribution in [2.24, 2.45) is 5.16 Å². The predicted octanol–water partition coefficient (Wildman–Crippen LogP) is 7.57. The molecule has 0 bridgehead atoms. The summed E-state index contributed by atoms with van der Waals surface area (Å²) in [6.45, 7) is 0. The molecule has 168 valence electrons. The highest BCUT2D eigenvalue weighted by molar-refractivity contribution is 9.10. The molecular formula is C19H11BrF9NO. The Morgan fingerprint density at radius 3 is 1.87 bits per heavy atom. The number of hydrogen-bond donors (Lipinski definition) is 0. The van der Waals surface area contributed by atoms with Gasteiger partial charge in [0.1, 0.15) is 0 Å². The van der Waals surface area contributed by atoms with E-state index in [0.717, 1.165) is 12.1 Å². The molecule has 2 aromatic carbocycles. The van der Waals surface area contributed by atoms with Crippen molar-refractivity contribution in [2.75, 3.05) is 0 Å². The van der Waals surface area contributed by atoms with E-state index >= 15 is 0 Å². The number of halogens is 10. The Kier molecular flexibility index (Phi) is 6.07. The molecule has 31 heavy (non-hydrogen) atoms. The van der Waals surface area contributed by atoms with Crippen LogP contribution < -0.4 is 0 Å². The summed E-state index contributed by atoms with van der Waals surface area (Å²) in [5.74, 6) is 0. The van der Waals surface area contributed by atoms with Crippen molar-refractivity contribution in [1.82, 2.24) is 0 Å². The Bertz CT molecular complexity index is 977. The van der Waals surface area contributed by atoms with Gasteiger partial charge in [0.25, 0.3) is 0 Å². The first-order chi connectivity index (χ1) is 14.1. The summed E-state index contributed by atoms with van der Waals surface area (Å²) in [6.07, 6.45) is -16.2. The molecule has 0 aromatic heterocycles. The summed E-state index contributed by atoms with van der Waals surface area (Å²) >= 11 is 3.11. The minimum absolute atomic E-state index is 0.0000329. The van der Waals surface area contributed by atoms with Gasteiger partial charge in [-0.3, -0.25) is 0 Å². The minimum atomic E-state index is -5.01. The molecule has 1 aliphatic rings. The highest BCUT2D eigenvalue weighted by atomic mass is 79.9. The Morgan fingerprint density at radius 2 is 1.35 bits per heavy atom. The molecule has 0 aliphatic carbocycles. The standard InChI is InChI=1S/C19H11BrF9NO/c20-15-2-1-11(17(21,22)23)3-9(15)6-14-8-16(31-30-14)10-4-12(18(24,25)26)7-13(5-10)19(27,28)29/h1-5,7,16H,6,8H2/t16-/m0/s1. The van der Waals surface area contributed by atoms with Crippen LogP contribution in [0.1, 0.15) is 40.3 Å². The summed E-state index contributed by atoms with van der Waals surface area (Å²) in [6, 6.07) is 4.02. The van der Waals surface area contributed by atoms with Gasteiger partial charge in [-0.2, -0.15) is 39.5 Å². The van der Waals surface area contributed by atoms with E-state index in [-0.39, 0.29) is 35.7 Å². The van der Waals surface area contributed by atoms with E-state index in [0.29, 0.717) is 16.6 Å². The van der Waals surface area contributed by atoms with Gasteiger partial charge in [-0.15, -0.1) is 0 Å². The molecule has 1 heterocycles. The SMILES string of the molecule is FC(F)(F)c1cc([C@@H]2CC(Cc3cc(C(F)(F)F)ccc3Br)=NO2)cc(C(F)(F)F)c1. The van der Waals surface area contributed by atoms with Crippen LogP contribution in [0.25, 0.3) is 0 Å². The zero-order chi connectivity index (χ0) is 23.2. The molecule has 0 spiro atoms.